The number of rotatable bonds is 5. The minimum Gasteiger partial charge on any atom is -0.480 e. The first-order valence-corrected chi connectivity index (χ1v) is 6.34. The molecule has 0 unspecified atom stereocenters. The van der Waals surface area contributed by atoms with Crippen LogP contribution in [-0.2, 0) is 14.3 Å². The topological polar surface area (TPSA) is 106 Å². The van der Waals surface area contributed by atoms with Crippen LogP contribution in [0.5, 0.6) is 0 Å². The van der Waals surface area contributed by atoms with E-state index in [2.05, 4.69) is 10.3 Å². The van der Waals surface area contributed by atoms with E-state index < -0.39 is 35.9 Å². The highest BCUT2D eigenvalue weighted by atomic mass is 16.6. The molecule has 7 heteroatoms. The van der Waals surface area contributed by atoms with E-state index in [0.717, 1.165) is 0 Å². The van der Waals surface area contributed by atoms with Gasteiger partial charge in [0, 0.05) is 12.4 Å². The van der Waals surface area contributed by atoms with E-state index in [9.17, 15) is 14.4 Å². The van der Waals surface area contributed by atoms with Crippen molar-refractivity contribution in [2.75, 3.05) is 0 Å². The molecule has 1 aromatic rings. The summed E-state index contributed by atoms with van der Waals surface area (Å²) < 4.78 is 5.04. The number of esters is 1. The van der Waals surface area contributed by atoms with Gasteiger partial charge in [0.2, 0.25) is 0 Å². The van der Waals surface area contributed by atoms with Crippen molar-refractivity contribution in [3.63, 3.8) is 0 Å². The molecular weight excluding hydrogens is 276 g/mol. The lowest BCUT2D eigenvalue weighted by Gasteiger charge is -2.21. The van der Waals surface area contributed by atoms with Gasteiger partial charge in [-0.05, 0) is 32.9 Å². The van der Waals surface area contributed by atoms with Crippen LogP contribution < -0.4 is 5.32 Å². The zero-order valence-corrected chi connectivity index (χ0v) is 12.1. The van der Waals surface area contributed by atoms with Crippen LogP contribution in [0.1, 0.15) is 37.6 Å². The molecule has 21 heavy (non-hydrogen) atoms. The largest absolute Gasteiger partial charge is 0.480 e. The molecule has 0 aliphatic rings. The SMILES string of the molecule is CC(C)(C)OC(=O)C[C@H](NC(=O)c1cccnc1)C(=O)O. The summed E-state index contributed by atoms with van der Waals surface area (Å²) in [5.41, 5.74) is -0.499. The van der Waals surface area contributed by atoms with Crippen molar-refractivity contribution in [2.45, 2.75) is 38.8 Å². The maximum absolute atomic E-state index is 11.9. The Morgan fingerprint density at radius 1 is 1.38 bits per heavy atom. The molecule has 1 rings (SSSR count). The van der Waals surface area contributed by atoms with Crippen molar-refractivity contribution in [1.82, 2.24) is 10.3 Å². The molecular formula is C14H18N2O5. The Balaban J connectivity index is 2.69. The second kappa shape index (κ2) is 6.83. The predicted molar refractivity (Wildman–Crippen MR) is 73.6 cm³/mol. The molecule has 1 heterocycles. The number of carboxylic acid groups (broad SMARTS) is 1. The lowest BCUT2D eigenvalue weighted by atomic mass is 10.1. The highest BCUT2D eigenvalue weighted by molar-refractivity contribution is 5.97. The van der Waals surface area contributed by atoms with E-state index in [-0.39, 0.29) is 5.56 Å². The Morgan fingerprint density at radius 3 is 2.52 bits per heavy atom. The maximum atomic E-state index is 11.9. The third-order valence-corrected chi connectivity index (χ3v) is 2.32. The van der Waals surface area contributed by atoms with Gasteiger partial charge in [-0.25, -0.2) is 4.79 Å². The van der Waals surface area contributed by atoms with Crippen LogP contribution in [0.3, 0.4) is 0 Å². The number of carboxylic acids is 1. The van der Waals surface area contributed by atoms with E-state index in [1.165, 1.54) is 18.5 Å². The van der Waals surface area contributed by atoms with Crippen LogP contribution >= 0.6 is 0 Å². The van der Waals surface area contributed by atoms with E-state index in [1.54, 1.807) is 26.8 Å². The number of aromatic nitrogens is 1. The standard InChI is InChI=1S/C14H18N2O5/c1-14(2,3)21-11(17)7-10(13(19)20)16-12(18)9-5-4-6-15-8-9/h4-6,8,10H,7H2,1-3H3,(H,16,18)(H,19,20)/t10-/m0/s1. The molecule has 0 saturated carbocycles. The zero-order valence-electron chi connectivity index (χ0n) is 12.1. The summed E-state index contributed by atoms with van der Waals surface area (Å²) >= 11 is 0. The fourth-order valence-electron chi connectivity index (χ4n) is 1.49. The van der Waals surface area contributed by atoms with Gasteiger partial charge in [0.05, 0.1) is 12.0 Å². The molecule has 0 aromatic carbocycles. The number of amides is 1. The molecule has 1 atom stereocenters. The number of nitrogens with zero attached hydrogens (tertiary/aromatic N) is 1. The number of nitrogens with one attached hydrogen (secondary N) is 1. The third-order valence-electron chi connectivity index (χ3n) is 2.32. The van der Waals surface area contributed by atoms with Gasteiger partial charge in [-0.15, -0.1) is 0 Å². The summed E-state index contributed by atoms with van der Waals surface area (Å²) in [4.78, 5) is 38.4. The number of hydrogen-bond acceptors (Lipinski definition) is 5. The minimum atomic E-state index is -1.35. The molecule has 2 N–H and O–H groups in total. The summed E-state index contributed by atoms with van der Waals surface area (Å²) in [5.74, 6) is -2.61. The number of aliphatic carboxylic acids is 1. The molecule has 0 bridgehead atoms. The molecule has 0 radical (unpaired) electrons. The summed E-state index contributed by atoms with van der Waals surface area (Å²) in [5, 5.41) is 11.3. The summed E-state index contributed by atoms with van der Waals surface area (Å²) in [7, 11) is 0. The normalized spacial score (nSPS) is 12.3. The van der Waals surface area contributed by atoms with Crippen molar-refractivity contribution < 1.29 is 24.2 Å². The maximum Gasteiger partial charge on any atom is 0.326 e. The second-order valence-electron chi connectivity index (χ2n) is 5.40. The van der Waals surface area contributed by atoms with E-state index in [0.29, 0.717) is 0 Å². The Hall–Kier alpha value is -2.44. The molecule has 114 valence electrons. The van der Waals surface area contributed by atoms with Crippen LogP contribution in [0.4, 0.5) is 0 Å². The quantitative estimate of drug-likeness (QED) is 0.785. The molecule has 1 amide bonds. The number of ether oxygens (including phenoxy) is 1. The van der Waals surface area contributed by atoms with Crippen molar-refractivity contribution >= 4 is 17.8 Å². The lowest BCUT2D eigenvalue weighted by molar-refractivity contribution is -0.158. The summed E-state index contributed by atoms with van der Waals surface area (Å²) in [6.07, 6.45) is 2.35. The van der Waals surface area contributed by atoms with Crippen LogP contribution in [-0.4, -0.2) is 39.6 Å². The summed E-state index contributed by atoms with van der Waals surface area (Å²) in [6, 6.07) is 1.69. The Morgan fingerprint density at radius 2 is 2.05 bits per heavy atom. The smallest absolute Gasteiger partial charge is 0.326 e. The van der Waals surface area contributed by atoms with Crippen molar-refractivity contribution in [3.05, 3.63) is 30.1 Å². The number of carbonyl (C=O) groups is 3. The van der Waals surface area contributed by atoms with Crippen molar-refractivity contribution in [2.24, 2.45) is 0 Å². The van der Waals surface area contributed by atoms with Gasteiger partial charge >= 0.3 is 11.9 Å². The molecule has 7 nitrogen and oxygen atoms in total. The van der Waals surface area contributed by atoms with Crippen molar-refractivity contribution in [1.29, 1.82) is 0 Å². The monoisotopic (exact) mass is 294 g/mol. The Labute approximate surface area is 122 Å². The zero-order chi connectivity index (χ0) is 16.0. The van der Waals surface area contributed by atoms with Crippen LogP contribution in [0.2, 0.25) is 0 Å². The predicted octanol–water partition coefficient (Wildman–Crippen LogP) is 0.996. The number of hydrogen-bond donors (Lipinski definition) is 2. The van der Waals surface area contributed by atoms with Gasteiger partial charge in [0.25, 0.3) is 5.91 Å². The average molecular weight is 294 g/mol. The van der Waals surface area contributed by atoms with Crippen LogP contribution in [0.15, 0.2) is 24.5 Å². The molecule has 1 aromatic heterocycles. The van der Waals surface area contributed by atoms with E-state index >= 15 is 0 Å². The van der Waals surface area contributed by atoms with Gasteiger partial charge < -0.3 is 15.2 Å². The lowest BCUT2D eigenvalue weighted by Crippen LogP contribution is -2.43. The summed E-state index contributed by atoms with van der Waals surface area (Å²) in [6.45, 7) is 5.03. The second-order valence-corrected chi connectivity index (χ2v) is 5.40. The highest BCUT2D eigenvalue weighted by Gasteiger charge is 2.26. The number of carbonyl (C=O) groups excluding carboxylic acids is 2. The van der Waals surface area contributed by atoms with E-state index in [1.807, 2.05) is 0 Å². The van der Waals surface area contributed by atoms with Gasteiger partial charge in [-0.1, -0.05) is 0 Å². The average Bonchev–Trinajstić information content (AvgIpc) is 2.36. The highest BCUT2D eigenvalue weighted by Crippen LogP contribution is 2.10. The third kappa shape index (κ3) is 6.03. The van der Waals surface area contributed by atoms with Gasteiger partial charge in [-0.2, -0.15) is 0 Å². The van der Waals surface area contributed by atoms with Crippen LogP contribution in [0, 0.1) is 0 Å². The fraction of sp³-hybridized carbons (Fsp3) is 0.429. The van der Waals surface area contributed by atoms with E-state index in [4.69, 9.17) is 9.84 Å². The first-order chi connectivity index (χ1) is 9.69. The Kier molecular flexibility index (Phi) is 5.40. The molecule has 0 aliphatic carbocycles. The first-order valence-electron chi connectivity index (χ1n) is 6.34. The molecule has 0 aliphatic heterocycles. The fourth-order valence-corrected chi connectivity index (χ4v) is 1.49. The first kappa shape index (κ1) is 16.6. The molecule has 0 saturated heterocycles. The minimum absolute atomic E-state index is 0.216. The molecule has 0 spiro atoms. The van der Waals surface area contributed by atoms with Gasteiger partial charge in [-0.3, -0.25) is 14.6 Å². The van der Waals surface area contributed by atoms with Crippen molar-refractivity contribution in [3.8, 4) is 0 Å². The Bertz CT molecular complexity index is 522. The van der Waals surface area contributed by atoms with Crippen LogP contribution in [0.25, 0.3) is 0 Å². The van der Waals surface area contributed by atoms with Gasteiger partial charge in [0.1, 0.15) is 11.6 Å². The molecule has 0 fully saturated rings. The van der Waals surface area contributed by atoms with Gasteiger partial charge in [0.15, 0.2) is 0 Å². The number of pyridine rings is 1.